The SMILES string of the molecule is CC1OC1N1CCN(c2cncc(-c3cc(-c4ccnn4C4CCOCC4)c4c(N)ncnn34)c2)CC1. The first-order valence-electron chi connectivity index (χ1n) is 13.0. The van der Waals surface area contributed by atoms with E-state index in [1.807, 2.05) is 29.2 Å². The Hall–Kier alpha value is -3.54. The van der Waals surface area contributed by atoms with Gasteiger partial charge in [0.15, 0.2) is 5.82 Å². The Bertz CT molecular complexity index is 1420. The van der Waals surface area contributed by atoms with Crippen LogP contribution in [0.1, 0.15) is 25.8 Å². The van der Waals surface area contributed by atoms with Gasteiger partial charge in [-0.2, -0.15) is 10.2 Å². The molecule has 3 saturated heterocycles. The predicted octanol–water partition coefficient (Wildman–Crippen LogP) is 2.46. The summed E-state index contributed by atoms with van der Waals surface area (Å²) in [6, 6.07) is 6.66. The number of ether oxygens (including phenoxy) is 2. The number of aromatic nitrogens is 6. The third-order valence-electron chi connectivity index (χ3n) is 7.80. The topological polar surface area (TPSA) is 115 Å². The lowest BCUT2D eigenvalue weighted by molar-refractivity contribution is 0.0667. The highest BCUT2D eigenvalue weighted by Crippen LogP contribution is 2.37. The lowest BCUT2D eigenvalue weighted by Crippen LogP contribution is -2.47. The number of anilines is 2. The van der Waals surface area contributed by atoms with E-state index in [0.717, 1.165) is 86.0 Å². The first kappa shape index (κ1) is 22.6. The summed E-state index contributed by atoms with van der Waals surface area (Å²) >= 11 is 0. The van der Waals surface area contributed by atoms with Crippen molar-refractivity contribution >= 4 is 17.0 Å². The maximum Gasteiger partial charge on any atom is 0.152 e. The average molecular weight is 502 g/mol. The molecule has 2 atom stereocenters. The third-order valence-corrected chi connectivity index (χ3v) is 7.80. The van der Waals surface area contributed by atoms with Crippen LogP contribution in [0.2, 0.25) is 0 Å². The van der Waals surface area contributed by atoms with Crippen LogP contribution in [0, 0.1) is 0 Å². The van der Waals surface area contributed by atoms with Crippen LogP contribution in [0.5, 0.6) is 0 Å². The Balaban J connectivity index is 1.24. The highest BCUT2D eigenvalue weighted by Gasteiger charge is 2.40. The van der Waals surface area contributed by atoms with Crippen molar-refractivity contribution in [1.29, 1.82) is 0 Å². The number of piperazine rings is 1. The lowest BCUT2D eigenvalue weighted by Gasteiger charge is -2.35. The van der Waals surface area contributed by atoms with E-state index in [9.17, 15) is 0 Å². The summed E-state index contributed by atoms with van der Waals surface area (Å²) in [6.07, 6.45) is 9.69. The molecule has 37 heavy (non-hydrogen) atoms. The second-order valence-corrected chi connectivity index (χ2v) is 10.0. The number of rotatable bonds is 5. The number of hydrogen-bond acceptors (Lipinski definition) is 9. The second kappa shape index (κ2) is 9.09. The van der Waals surface area contributed by atoms with Crippen LogP contribution in [0.15, 0.2) is 43.1 Å². The van der Waals surface area contributed by atoms with E-state index in [1.165, 1.54) is 6.33 Å². The van der Waals surface area contributed by atoms with Crippen molar-refractivity contribution in [3.8, 4) is 22.5 Å². The van der Waals surface area contributed by atoms with Crippen molar-refractivity contribution in [2.45, 2.75) is 38.1 Å². The molecule has 0 radical (unpaired) electrons. The second-order valence-electron chi connectivity index (χ2n) is 10.0. The van der Waals surface area contributed by atoms with Crippen LogP contribution in [0.4, 0.5) is 11.5 Å². The molecule has 7 rings (SSSR count). The summed E-state index contributed by atoms with van der Waals surface area (Å²) in [6.45, 7) is 7.48. The standard InChI is InChI=1S/C26H31N9O2/c1-17-26(37-17)33-8-6-32(7-9-33)20-12-18(14-28-15-20)23-13-21(24-25(27)29-16-31-35(23)24)22-2-5-30-34(22)19-3-10-36-11-4-19/h2,5,12-17,19,26H,3-4,6-11H2,1H3,(H2,27,29,31). The minimum absolute atomic E-state index is 0.288. The van der Waals surface area contributed by atoms with Gasteiger partial charge < -0.3 is 20.1 Å². The van der Waals surface area contributed by atoms with E-state index < -0.39 is 0 Å². The van der Waals surface area contributed by atoms with Gasteiger partial charge in [-0.25, -0.2) is 9.50 Å². The fraction of sp³-hybridized carbons (Fsp3) is 0.462. The van der Waals surface area contributed by atoms with Gasteiger partial charge in [0.25, 0.3) is 0 Å². The number of nitrogens with zero attached hydrogens (tertiary/aromatic N) is 8. The zero-order valence-electron chi connectivity index (χ0n) is 20.9. The molecule has 11 nitrogen and oxygen atoms in total. The smallest absolute Gasteiger partial charge is 0.152 e. The Kier molecular flexibility index (Phi) is 5.56. The first-order chi connectivity index (χ1) is 18.2. The highest BCUT2D eigenvalue weighted by molar-refractivity contribution is 5.91. The van der Waals surface area contributed by atoms with Crippen LogP contribution in [-0.2, 0) is 9.47 Å². The van der Waals surface area contributed by atoms with Crippen LogP contribution in [-0.4, -0.2) is 86.0 Å². The van der Waals surface area contributed by atoms with Crippen LogP contribution < -0.4 is 10.6 Å². The van der Waals surface area contributed by atoms with E-state index in [1.54, 1.807) is 0 Å². The maximum absolute atomic E-state index is 6.42. The summed E-state index contributed by atoms with van der Waals surface area (Å²) in [7, 11) is 0. The Labute approximate surface area is 214 Å². The molecule has 4 aromatic heterocycles. The number of pyridine rings is 1. The zero-order valence-corrected chi connectivity index (χ0v) is 20.9. The van der Waals surface area contributed by atoms with Crippen molar-refractivity contribution in [2.24, 2.45) is 0 Å². The Morgan fingerprint density at radius 3 is 2.59 bits per heavy atom. The first-order valence-corrected chi connectivity index (χ1v) is 13.0. The summed E-state index contributed by atoms with van der Waals surface area (Å²) in [5.74, 6) is 0.438. The molecule has 0 aromatic carbocycles. The summed E-state index contributed by atoms with van der Waals surface area (Å²) in [5.41, 5.74) is 12.2. The highest BCUT2D eigenvalue weighted by atomic mass is 16.6. The number of nitrogens with two attached hydrogens (primary N) is 1. The van der Waals surface area contributed by atoms with Gasteiger partial charge in [-0.1, -0.05) is 0 Å². The maximum atomic E-state index is 6.42. The van der Waals surface area contributed by atoms with Crippen LogP contribution in [0.25, 0.3) is 28.0 Å². The van der Waals surface area contributed by atoms with Gasteiger partial charge in [-0.3, -0.25) is 14.6 Å². The van der Waals surface area contributed by atoms with Crippen LogP contribution >= 0.6 is 0 Å². The van der Waals surface area contributed by atoms with E-state index >= 15 is 0 Å². The molecule has 4 aromatic rings. The molecule has 192 valence electrons. The van der Waals surface area contributed by atoms with Gasteiger partial charge in [-0.05, 0) is 38.0 Å². The normalized spacial score (nSPS) is 23.1. The quantitative estimate of drug-likeness (QED) is 0.412. The minimum Gasteiger partial charge on any atom is -0.382 e. The molecular formula is C26H31N9O2. The van der Waals surface area contributed by atoms with E-state index in [4.69, 9.17) is 15.2 Å². The van der Waals surface area contributed by atoms with Crippen molar-refractivity contribution < 1.29 is 9.47 Å². The lowest BCUT2D eigenvalue weighted by atomic mass is 10.1. The van der Waals surface area contributed by atoms with Crippen molar-refractivity contribution in [3.63, 3.8) is 0 Å². The largest absolute Gasteiger partial charge is 0.382 e. The fourth-order valence-electron chi connectivity index (χ4n) is 5.75. The molecule has 2 unspecified atom stereocenters. The number of hydrogen-bond donors (Lipinski definition) is 1. The summed E-state index contributed by atoms with van der Waals surface area (Å²) in [5, 5.41) is 9.27. The number of nitrogen functional groups attached to an aromatic ring is 1. The predicted molar refractivity (Wildman–Crippen MR) is 139 cm³/mol. The monoisotopic (exact) mass is 501 g/mol. The van der Waals surface area contributed by atoms with Crippen molar-refractivity contribution in [2.75, 3.05) is 50.0 Å². The van der Waals surface area contributed by atoms with Gasteiger partial charge in [0.05, 0.1) is 35.4 Å². The molecule has 3 fully saturated rings. The van der Waals surface area contributed by atoms with Crippen molar-refractivity contribution in [1.82, 2.24) is 34.3 Å². The third kappa shape index (κ3) is 4.03. The molecule has 3 aliphatic heterocycles. The summed E-state index contributed by atoms with van der Waals surface area (Å²) < 4.78 is 15.2. The van der Waals surface area contributed by atoms with E-state index in [-0.39, 0.29) is 12.3 Å². The molecule has 0 aliphatic carbocycles. The number of epoxide rings is 1. The van der Waals surface area contributed by atoms with E-state index in [2.05, 4.69) is 53.7 Å². The molecule has 7 heterocycles. The van der Waals surface area contributed by atoms with Gasteiger partial charge in [0.2, 0.25) is 0 Å². The van der Waals surface area contributed by atoms with Crippen LogP contribution in [0.3, 0.4) is 0 Å². The van der Waals surface area contributed by atoms with Gasteiger partial charge in [0, 0.05) is 62.9 Å². The molecule has 0 spiro atoms. The van der Waals surface area contributed by atoms with Crippen molar-refractivity contribution in [3.05, 3.63) is 43.1 Å². The molecule has 2 N–H and O–H groups in total. The molecule has 0 bridgehead atoms. The van der Waals surface area contributed by atoms with Gasteiger partial charge in [-0.15, -0.1) is 0 Å². The molecule has 11 heteroatoms. The number of fused-ring (bicyclic) bond motifs is 1. The molecule has 0 saturated carbocycles. The average Bonchev–Trinajstić information content (AvgIpc) is 3.31. The van der Waals surface area contributed by atoms with E-state index in [0.29, 0.717) is 11.9 Å². The summed E-state index contributed by atoms with van der Waals surface area (Å²) in [4.78, 5) is 13.7. The Morgan fingerprint density at radius 1 is 1.00 bits per heavy atom. The molecule has 0 amide bonds. The minimum atomic E-state index is 0.288. The van der Waals surface area contributed by atoms with Gasteiger partial charge in [0.1, 0.15) is 18.1 Å². The molecular weight excluding hydrogens is 470 g/mol. The van der Waals surface area contributed by atoms with Gasteiger partial charge >= 0.3 is 0 Å². The Morgan fingerprint density at radius 2 is 1.81 bits per heavy atom. The fourth-order valence-corrected chi connectivity index (χ4v) is 5.75. The zero-order chi connectivity index (χ0) is 24.9. The molecule has 3 aliphatic rings.